The van der Waals surface area contributed by atoms with E-state index in [1.54, 1.807) is 23.6 Å². The molecule has 3 amide bonds. The number of amides is 3. The fourth-order valence-electron chi connectivity index (χ4n) is 3.60. The molecule has 1 aromatic heterocycles. The molecule has 0 bridgehead atoms. The third-order valence-corrected chi connectivity index (χ3v) is 8.19. The van der Waals surface area contributed by atoms with E-state index in [2.05, 4.69) is 29.5 Å². The number of thiazole rings is 1. The third-order valence-electron chi connectivity index (χ3n) is 5.53. The molecule has 1 heterocycles. The number of urea groups is 1. The van der Waals surface area contributed by atoms with E-state index >= 15 is 0 Å². The molecular formula is C20H26N4O4S2. The second kappa shape index (κ2) is 9.57. The van der Waals surface area contributed by atoms with E-state index in [0.29, 0.717) is 11.8 Å². The number of aromatic nitrogens is 1. The van der Waals surface area contributed by atoms with Gasteiger partial charge in [-0.1, -0.05) is 44.9 Å². The summed E-state index contributed by atoms with van der Waals surface area (Å²) in [5.74, 6) is 0.0831. The van der Waals surface area contributed by atoms with E-state index in [9.17, 15) is 18.0 Å². The maximum Gasteiger partial charge on any atom is 0.321 e. The number of carbonyl (C=O) groups is 2. The van der Waals surface area contributed by atoms with Crippen LogP contribution in [0.4, 0.5) is 9.93 Å². The van der Waals surface area contributed by atoms with Crippen LogP contribution < -0.4 is 14.9 Å². The van der Waals surface area contributed by atoms with Gasteiger partial charge < -0.3 is 5.32 Å². The zero-order valence-corrected chi connectivity index (χ0v) is 18.6. The summed E-state index contributed by atoms with van der Waals surface area (Å²) in [5.41, 5.74) is 0. The van der Waals surface area contributed by atoms with Crippen LogP contribution in [-0.2, 0) is 14.8 Å². The molecule has 30 heavy (non-hydrogen) atoms. The van der Waals surface area contributed by atoms with Crippen LogP contribution in [0, 0.1) is 11.8 Å². The van der Waals surface area contributed by atoms with E-state index in [1.165, 1.54) is 18.3 Å². The molecule has 162 valence electrons. The minimum atomic E-state index is -4.01. The molecular weight excluding hydrogens is 424 g/mol. The Morgan fingerprint density at radius 1 is 1.20 bits per heavy atom. The van der Waals surface area contributed by atoms with Gasteiger partial charge in [0, 0.05) is 17.6 Å². The molecule has 2 N–H and O–H groups in total. The Morgan fingerprint density at radius 2 is 1.93 bits per heavy atom. The Kier molecular flexibility index (Phi) is 7.09. The van der Waals surface area contributed by atoms with E-state index in [-0.39, 0.29) is 16.1 Å². The van der Waals surface area contributed by atoms with Gasteiger partial charge in [0.1, 0.15) is 6.54 Å². The van der Waals surface area contributed by atoms with Crippen molar-refractivity contribution in [1.82, 2.24) is 15.6 Å². The van der Waals surface area contributed by atoms with Gasteiger partial charge in [0.25, 0.3) is 10.0 Å². The lowest BCUT2D eigenvalue weighted by Gasteiger charge is -2.34. The van der Waals surface area contributed by atoms with Gasteiger partial charge in [0.05, 0.1) is 4.90 Å². The van der Waals surface area contributed by atoms with Crippen molar-refractivity contribution in [3.63, 3.8) is 0 Å². The SMILES string of the molecule is CC1CCCC(NC(=O)NC(=O)CN(c2nccs2)S(=O)(=O)c2ccccc2)C1C. The largest absolute Gasteiger partial charge is 0.335 e. The molecule has 3 rings (SSSR count). The molecule has 8 nitrogen and oxygen atoms in total. The Hall–Kier alpha value is -2.46. The zero-order chi connectivity index (χ0) is 21.7. The number of anilines is 1. The summed E-state index contributed by atoms with van der Waals surface area (Å²) in [7, 11) is -4.01. The lowest BCUT2D eigenvalue weighted by atomic mass is 9.78. The lowest BCUT2D eigenvalue weighted by Crippen LogP contribution is -2.51. The maximum atomic E-state index is 13.1. The second-order valence-corrected chi connectivity index (χ2v) is 10.3. The first-order valence-corrected chi connectivity index (χ1v) is 12.2. The van der Waals surface area contributed by atoms with Crippen molar-refractivity contribution >= 4 is 38.4 Å². The number of rotatable bonds is 6. The monoisotopic (exact) mass is 450 g/mol. The molecule has 1 saturated carbocycles. The summed E-state index contributed by atoms with van der Waals surface area (Å²) in [4.78, 5) is 28.9. The summed E-state index contributed by atoms with van der Waals surface area (Å²) in [6.07, 6.45) is 4.47. The molecule has 0 spiro atoms. The number of carbonyl (C=O) groups excluding carboxylic acids is 2. The molecule has 1 aromatic carbocycles. The molecule has 0 saturated heterocycles. The Bertz CT molecular complexity index is 964. The molecule has 2 aromatic rings. The summed E-state index contributed by atoms with van der Waals surface area (Å²) in [5, 5.41) is 6.90. The van der Waals surface area contributed by atoms with Crippen LogP contribution in [0.3, 0.4) is 0 Å². The van der Waals surface area contributed by atoms with Crippen molar-refractivity contribution in [2.75, 3.05) is 10.8 Å². The van der Waals surface area contributed by atoms with Crippen LogP contribution in [0.15, 0.2) is 46.8 Å². The lowest BCUT2D eigenvalue weighted by molar-refractivity contribution is -0.118. The predicted molar refractivity (Wildman–Crippen MR) is 116 cm³/mol. The maximum absolute atomic E-state index is 13.1. The first-order valence-electron chi connectivity index (χ1n) is 9.86. The highest BCUT2D eigenvalue weighted by molar-refractivity contribution is 7.93. The van der Waals surface area contributed by atoms with Crippen LogP contribution in [0.2, 0.25) is 0 Å². The Morgan fingerprint density at radius 3 is 2.60 bits per heavy atom. The molecule has 1 fully saturated rings. The smallest absolute Gasteiger partial charge is 0.321 e. The van der Waals surface area contributed by atoms with Crippen molar-refractivity contribution in [2.45, 2.75) is 44.0 Å². The fourth-order valence-corrected chi connectivity index (χ4v) is 5.87. The van der Waals surface area contributed by atoms with Crippen LogP contribution in [0.25, 0.3) is 0 Å². The standard InChI is InChI=1S/C20H26N4O4S2/c1-14-7-6-10-17(15(14)2)22-19(26)23-18(25)13-24(20-21-11-12-29-20)30(27,28)16-8-4-3-5-9-16/h3-5,8-9,11-12,14-15,17H,6-7,10,13H2,1-2H3,(H2,22,23,25,26). The van der Waals surface area contributed by atoms with Gasteiger partial charge >= 0.3 is 6.03 Å². The summed E-state index contributed by atoms with van der Waals surface area (Å²) < 4.78 is 27.0. The number of benzene rings is 1. The van der Waals surface area contributed by atoms with Gasteiger partial charge in [-0.3, -0.25) is 10.1 Å². The normalized spacial score (nSPS) is 21.6. The summed E-state index contributed by atoms with van der Waals surface area (Å²) in [6.45, 7) is 3.70. The molecule has 0 radical (unpaired) electrons. The molecule has 1 aliphatic rings. The first kappa shape index (κ1) is 22.2. The Balaban J connectivity index is 1.69. The van der Waals surface area contributed by atoms with Gasteiger partial charge in [-0.15, -0.1) is 11.3 Å². The highest BCUT2D eigenvalue weighted by atomic mass is 32.2. The molecule has 1 aliphatic carbocycles. The third kappa shape index (κ3) is 5.17. The van der Waals surface area contributed by atoms with Crippen LogP contribution >= 0.6 is 11.3 Å². The van der Waals surface area contributed by atoms with Crippen molar-refractivity contribution in [3.05, 3.63) is 41.9 Å². The zero-order valence-electron chi connectivity index (χ0n) is 16.9. The predicted octanol–water partition coefficient (Wildman–Crippen LogP) is 2.99. The van der Waals surface area contributed by atoms with Gasteiger partial charge in [0.2, 0.25) is 5.91 Å². The number of sulfonamides is 1. The van der Waals surface area contributed by atoms with Gasteiger partial charge in [-0.2, -0.15) is 0 Å². The molecule has 3 unspecified atom stereocenters. The highest BCUT2D eigenvalue weighted by Crippen LogP contribution is 2.29. The topological polar surface area (TPSA) is 108 Å². The van der Waals surface area contributed by atoms with E-state index in [4.69, 9.17) is 0 Å². The van der Waals surface area contributed by atoms with Gasteiger partial charge in [-0.05, 0) is 30.4 Å². The van der Waals surface area contributed by atoms with Crippen molar-refractivity contribution in [2.24, 2.45) is 11.8 Å². The van der Waals surface area contributed by atoms with Crippen LogP contribution in [0.5, 0.6) is 0 Å². The average Bonchev–Trinajstić information content (AvgIpc) is 3.24. The molecule has 3 atom stereocenters. The molecule has 10 heteroatoms. The van der Waals surface area contributed by atoms with E-state index in [0.717, 1.165) is 34.9 Å². The average molecular weight is 451 g/mol. The van der Waals surface area contributed by atoms with E-state index in [1.807, 2.05) is 0 Å². The van der Waals surface area contributed by atoms with Crippen molar-refractivity contribution in [1.29, 1.82) is 0 Å². The number of nitrogens with one attached hydrogen (secondary N) is 2. The number of nitrogens with zero attached hydrogens (tertiary/aromatic N) is 2. The minimum absolute atomic E-state index is 0.00957. The number of hydrogen-bond donors (Lipinski definition) is 2. The quantitative estimate of drug-likeness (QED) is 0.703. The minimum Gasteiger partial charge on any atom is -0.335 e. The second-order valence-electron chi connectivity index (χ2n) is 7.53. The van der Waals surface area contributed by atoms with Crippen molar-refractivity contribution in [3.8, 4) is 0 Å². The summed E-state index contributed by atoms with van der Waals surface area (Å²) >= 11 is 1.10. The van der Waals surface area contributed by atoms with Crippen LogP contribution in [-0.4, -0.2) is 37.9 Å². The molecule has 0 aliphatic heterocycles. The first-order chi connectivity index (χ1) is 14.3. The van der Waals surface area contributed by atoms with Crippen molar-refractivity contribution < 1.29 is 18.0 Å². The highest BCUT2D eigenvalue weighted by Gasteiger charge is 2.31. The van der Waals surface area contributed by atoms with Crippen LogP contribution in [0.1, 0.15) is 33.1 Å². The fraction of sp³-hybridized carbons (Fsp3) is 0.450. The number of hydrogen-bond acceptors (Lipinski definition) is 6. The van der Waals surface area contributed by atoms with Gasteiger partial charge in [0.15, 0.2) is 5.13 Å². The summed E-state index contributed by atoms with van der Waals surface area (Å²) in [6, 6.07) is 7.20. The number of imide groups is 1. The van der Waals surface area contributed by atoms with E-state index < -0.39 is 28.5 Å². The Labute approximate surface area is 180 Å². The van der Waals surface area contributed by atoms with Gasteiger partial charge in [-0.25, -0.2) is 22.5 Å².